The molecule has 0 aromatic rings. The van der Waals surface area contributed by atoms with E-state index in [4.69, 9.17) is 74.9 Å². The lowest BCUT2D eigenvalue weighted by Crippen LogP contribution is -2.69. The Morgan fingerprint density at radius 2 is 1.22 bits per heavy atom. The molecule has 15 rings (SSSR count). The van der Waals surface area contributed by atoms with Crippen LogP contribution in [0.4, 0.5) is 0 Å². The maximum absolute atomic E-state index is 15.2. The van der Waals surface area contributed by atoms with Gasteiger partial charge in [-0.2, -0.15) is 0 Å². The monoisotopic (exact) mass is 1340 g/mol. The van der Waals surface area contributed by atoms with Gasteiger partial charge in [-0.05, 0) is 104 Å². The fraction of sp³-hybridized carbons (Fsp3) is 0.918. The minimum atomic E-state index is -2.78. The van der Waals surface area contributed by atoms with E-state index in [0.29, 0.717) is 64.4 Å². The second-order valence-electron chi connectivity index (χ2n) is 34.2. The van der Waals surface area contributed by atoms with Gasteiger partial charge in [-0.1, -0.05) is 110 Å². The van der Waals surface area contributed by atoms with Crippen LogP contribution in [-0.2, 0) is 84.4 Å². The number of fused-ring (bicyclic) bond motifs is 9. The van der Waals surface area contributed by atoms with Gasteiger partial charge in [-0.25, -0.2) is 0 Å². The molecule has 0 amide bonds. The Kier molecular flexibility index (Phi) is 19.0. The maximum atomic E-state index is 15.2. The Bertz CT molecular complexity index is 2730. The maximum Gasteiger partial charge on any atom is 0.349 e. The van der Waals surface area contributed by atoms with Gasteiger partial charge in [-0.15, -0.1) is 0 Å². The Morgan fingerprint density at radius 3 is 1.97 bits per heavy atom. The van der Waals surface area contributed by atoms with Gasteiger partial charge in [0.2, 0.25) is 0 Å². The molecule has 2 spiro atoms. The number of hydrogen-bond acceptors (Lipinski definition) is 18. The quantitative estimate of drug-likeness (QED) is 0.121. The lowest BCUT2D eigenvalue weighted by atomic mass is 9.77. The highest BCUT2D eigenvalue weighted by atomic mass is 28.4. The molecular formula is C73H116O18Si2. The van der Waals surface area contributed by atoms with Gasteiger partial charge in [0.15, 0.2) is 19.9 Å². The minimum Gasteiger partial charge on any atom is -0.459 e. The SMILES string of the molecule is C=C1CC2CCC34CC5OC6C(OC7CCC(CC(=O)OC8C(CC9OC(CCC1O2)CC(C)C9=C)OC1CC(C)C(CC(=O)CC2OC9(CC(C)C%10OC%11CO[Si](C(C)(C)C)(C(C)(C)C)OC%11CC%10O9)CC(C)C2O[Si](CC)(CC)CC)OC1C8C)OC7C6O3)C5O4. The molecular weight excluding hydrogens is 1220 g/mol. The molecule has 524 valence electrons. The second kappa shape index (κ2) is 25.8. The molecule has 93 heavy (non-hydrogen) atoms. The number of carbonyl (C=O) groups is 2. The average Bonchev–Trinajstić information content (AvgIpc) is 1.62. The third kappa shape index (κ3) is 12.7. The minimum absolute atomic E-state index is 0.0123. The summed E-state index contributed by atoms with van der Waals surface area (Å²) < 4.78 is 113. The van der Waals surface area contributed by atoms with Crippen LogP contribution in [0, 0.1) is 29.6 Å². The van der Waals surface area contributed by atoms with Crippen molar-refractivity contribution >= 4 is 28.6 Å². The average molecular weight is 1340 g/mol. The van der Waals surface area contributed by atoms with Crippen LogP contribution in [0.15, 0.2) is 24.3 Å². The van der Waals surface area contributed by atoms with Gasteiger partial charge in [-0.3, -0.25) is 9.59 Å². The zero-order valence-electron chi connectivity index (χ0n) is 58.8. The van der Waals surface area contributed by atoms with E-state index in [1.807, 2.05) is 0 Å². The molecule has 30 unspecified atom stereocenters. The summed E-state index contributed by atoms with van der Waals surface area (Å²) in [6.45, 7) is 41.1. The molecule has 15 aliphatic rings. The van der Waals surface area contributed by atoms with Crippen molar-refractivity contribution < 1.29 is 84.4 Å². The summed E-state index contributed by atoms with van der Waals surface area (Å²) in [6, 6.07) is 2.96. The Morgan fingerprint density at radius 1 is 0.548 bits per heavy atom. The second-order valence-corrected chi connectivity index (χ2v) is 43.7. The molecule has 15 saturated heterocycles. The van der Waals surface area contributed by atoms with Gasteiger partial charge >= 0.3 is 14.5 Å². The lowest BCUT2D eigenvalue weighted by molar-refractivity contribution is -0.375. The van der Waals surface area contributed by atoms with Crippen LogP contribution in [0.1, 0.15) is 206 Å². The van der Waals surface area contributed by atoms with E-state index in [0.717, 1.165) is 61.4 Å². The summed E-state index contributed by atoms with van der Waals surface area (Å²) in [6.07, 6.45) is 3.70. The standard InChI is InChI=1S/C73H116O18Si2/c1-17-92(18-2,19-3)91-62-42(8)35-73(34-41(7)61-57(87-73)33-53-59(84-61)37-76-93(90-53,70(11,12)13)71(14,15)16)86-56(62)30-45(74)29-51-40(6)28-54-63(82-51)44(10)64-55(80-54)32-52-43(9)38(4)26-46(78-52)20-22-49-39(5)27-48(77-49)24-25-72-36-58-66(88-72)67-68(83-58)69(89-72)65-50(81-67)23-21-47(79-65)31-60(75)85-64/h38,40-42,44,46-59,61-69H,5,9,17-37H2,1-4,6-8,10-16H3. The van der Waals surface area contributed by atoms with Crippen LogP contribution >= 0.6 is 0 Å². The number of carbonyl (C=O) groups excluding carboxylic acids is 2. The zero-order chi connectivity index (χ0) is 65.6. The summed E-state index contributed by atoms with van der Waals surface area (Å²) in [5, 5.41) is -0.331. The normalized spacial score (nSPS) is 49.8. The van der Waals surface area contributed by atoms with E-state index in [1.54, 1.807) is 0 Å². The number of hydrogen-bond donors (Lipinski definition) is 0. The van der Waals surface area contributed by atoms with E-state index in [2.05, 4.69) is 110 Å². The van der Waals surface area contributed by atoms with Crippen LogP contribution in [0.5, 0.6) is 0 Å². The lowest BCUT2D eigenvalue weighted by Gasteiger charge is -2.60. The molecule has 20 heteroatoms. The summed E-state index contributed by atoms with van der Waals surface area (Å²) >= 11 is 0. The first-order chi connectivity index (χ1) is 44.1. The predicted molar refractivity (Wildman–Crippen MR) is 350 cm³/mol. The van der Waals surface area contributed by atoms with Crippen LogP contribution in [0.2, 0.25) is 28.2 Å². The largest absolute Gasteiger partial charge is 0.459 e. The molecule has 12 bridgehead atoms. The van der Waals surface area contributed by atoms with Crippen LogP contribution in [0.25, 0.3) is 0 Å². The molecule has 0 aromatic heterocycles. The Labute approximate surface area is 557 Å². The van der Waals surface area contributed by atoms with E-state index in [1.165, 1.54) is 0 Å². The fourth-order valence-corrected chi connectivity index (χ4v) is 28.7. The van der Waals surface area contributed by atoms with Gasteiger partial charge in [0.05, 0.1) is 111 Å². The highest BCUT2D eigenvalue weighted by Crippen LogP contribution is 2.58. The van der Waals surface area contributed by atoms with E-state index in [9.17, 15) is 4.79 Å². The number of Topliss-reactive ketones (excluding diaryl/α,β-unsaturated/α-hetero) is 1. The van der Waals surface area contributed by atoms with Crippen LogP contribution in [-0.4, -0.2) is 187 Å². The van der Waals surface area contributed by atoms with Crippen molar-refractivity contribution in [3.63, 3.8) is 0 Å². The zero-order valence-corrected chi connectivity index (χ0v) is 60.8. The fourth-order valence-electron chi connectivity index (χ4n) is 20.7. The van der Waals surface area contributed by atoms with Gasteiger partial charge in [0.25, 0.3) is 0 Å². The molecule has 0 aliphatic carbocycles. The molecule has 0 N–H and O–H groups in total. The van der Waals surface area contributed by atoms with Crippen molar-refractivity contribution in [1.29, 1.82) is 0 Å². The van der Waals surface area contributed by atoms with Gasteiger partial charge in [0, 0.05) is 67.4 Å². The Hall–Kier alpha value is -1.55. The molecule has 0 saturated carbocycles. The van der Waals surface area contributed by atoms with Crippen molar-refractivity contribution in [2.24, 2.45) is 29.6 Å². The summed E-state index contributed by atoms with van der Waals surface area (Å²) in [7, 11) is -4.95. The topological polar surface area (TPSA) is 182 Å². The number of ketones is 1. The van der Waals surface area contributed by atoms with E-state index < -0.39 is 77.3 Å². The first-order valence-electron chi connectivity index (χ1n) is 37.1. The van der Waals surface area contributed by atoms with Crippen LogP contribution in [0.3, 0.4) is 0 Å². The van der Waals surface area contributed by atoms with E-state index in [-0.39, 0.29) is 162 Å². The van der Waals surface area contributed by atoms with Crippen molar-refractivity contribution in [3.8, 4) is 0 Å². The molecule has 0 radical (unpaired) electrons. The van der Waals surface area contributed by atoms with Crippen molar-refractivity contribution in [2.45, 2.75) is 386 Å². The van der Waals surface area contributed by atoms with E-state index >= 15 is 4.79 Å². The Balaban J connectivity index is 0.692. The molecule has 15 fully saturated rings. The smallest absolute Gasteiger partial charge is 0.349 e. The number of ether oxygens (including phenoxy) is 13. The summed E-state index contributed by atoms with van der Waals surface area (Å²) in [5.74, 6) is -1.95. The molecule has 15 aliphatic heterocycles. The van der Waals surface area contributed by atoms with Crippen LogP contribution < -0.4 is 0 Å². The van der Waals surface area contributed by atoms with Gasteiger partial charge < -0.3 is 74.9 Å². The predicted octanol–water partition coefficient (Wildman–Crippen LogP) is 12.4. The van der Waals surface area contributed by atoms with Crippen molar-refractivity contribution in [1.82, 2.24) is 0 Å². The molecule has 18 nitrogen and oxygen atoms in total. The van der Waals surface area contributed by atoms with Crippen molar-refractivity contribution in [2.75, 3.05) is 6.61 Å². The number of rotatable bonds is 9. The van der Waals surface area contributed by atoms with Gasteiger partial charge in [0.1, 0.15) is 48.5 Å². The first kappa shape index (κ1) is 68.6. The van der Waals surface area contributed by atoms with Crippen molar-refractivity contribution in [3.05, 3.63) is 24.3 Å². The summed E-state index contributed by atoms with van der Waals surface area (Å²) in [4.78, 5) is 30.0. The number of esters is 1. The third-order valence-corrected chi connectivity index (χ3v) is 35.5. The first-order valence-corrected chi connectivity index (χ1v) is 41.5. The molecule has 30 atom stereocenters. The highest BCUT2D eigenvalue weighted by molar-refractivity contribution is 6.74. The molecule has 15 heterocycles. The molecule has 0 aromatic carbocycles. The summed E-state index contributed by atoms with van der Waals surface area (Å²) in [5.41, 5.74) is 2.16. The highest BCUT2D eigenvalue weighted by Gasteiger charge is 2.70. The third-order valence-electron chi connectivity index (χ3n) is 25.7.